The first-order chi connectivity index (χ1) is 15.1. The van der Waals surface area contributed by atoms with Crippen molar-refractivity contribution in [3.05, 3.63) is 0 Å². The summed E-state index contributed by atoms with van der Waals surface area (Å²) in [5.74, 6) is 1.88. The molecule has 2 aliphatic rings. The lowest BCUT2D eigenvalue weighted by molar-refractivity contribution is -0.0506. The zero-order valence-corrected chi connectivity index (χ0v) is 22.1. The van der Waals surface area contributed by atoms with Crippen LogP contribution in [0.5, 0.6) is 0 Å². The number of nitrogens with zero attached hydrogens (tertiary/aromatic N) is 2. The first-order valence-corrected chi connectivity index (χ1v) is 14.6. The van der Waals surface area contributed by atoms with E-state index in [0.717, 1.165) is 11.8 Å². The van der Waals surface area contributed by atoms with Crippen molar-refractivity contribution in [3.63, 3.8) is 0 Å². The van der Waals surface area contributed by atoms with Gasteiger partial charge in [0, 0.05) is 19.6 Å². The fourth-order valence-corrected chi connectivity index (χ4v) is 6.22. The number of piperidine rings is 1. The van der Waals surface area contributed by atoms with Crippen LogP contribution in [0.2, 0.25) is 0 Å². The molecule has 0 aliphatic carbocycles. The van der Waals surface area contributed by atoms with E-state index in [0.29, 0.717) is 5.41 Å². The second-order valence-electron chi connectivity index (χ2n) is 11.6. The van der Waals surface area contributed by atoms with Crippen molar-refractivity contribution in [1.82, 2.24) is 9.80 Å². The molecule has 2 rings (SSSR count). The topological polar surface area (TPSA) is 6.48 Å². The molecule has 31 heavy (non-hydrogen) atoms. The van der Waals surface area contributed by atoms with Crippen LogP contribution in [0, 0.1) is 17.3 Å². The Hall–Kier alpha value is -0.0800. The van der Waals surface area contributed by atoms with E-state index in [2.05, 4.69) is 37.5 Å². The summed E-state index contributed by atoms with van der Waals surface area (Å²) in [5, 5.41) is 0. The standard InChI is InChI=1S/C29H58N2/c1-5-8-10-12-14-17-28(16-13-11-9-6-2)24-30-22-19-29(20-23-30)25-31(26-29)21-18-27(4)15-7-3/h27-28H,5-26H2,1-4H3. The molecule has 2 aliphatic heterocycles. The molecule has 0 saturated carbocycles. The normalized spacial score (nSPS) is 21.3. The van der Waals surface area contributed by atoms with E-state index in [4.69, 9.17) is 0 Å². The highest BCUT2D eigenvalue weighted by Crippen LogP contribution is 2.41. The number of likely N-dealkylation sites (tertiary alicyclic amines) is 2. The van der Waals surface area contributed by atoms with Gasteiger partial charge >= 0.3 is 0 Å². The first kappa shape index (κ1) is 27.2. The van der Waals surface area contributed by atoms with Gasteiger partial charge in [-0.05, 0) is 69.0 Å². The summed E-state index contributed by atoms with van der Waals surface area (Å²) in [6.07, 6.45) is 23.0. The predicted octanol–water partition coefficient (Wildman–Crippen LogP) is 8.16. The van der Waals surface area contributed by atoms with Crippen LogP contribution < -0.4 is 0 Å². The fourth-order valence-electron chi connectivity index (χ4n) is 6.22. The van der Waals surface area contributed by atoms with E-state index < -0.39 is 0 Å². The molecule has 2 nitrogen and oxygen atoms in total. The largest absolute Gasteiger partial charge is 0.303 e. The van der Waals surface area contributed by atoms with Crippen molar-refractivity contribution >= 4 is 0 Å². The molecule has 1 spiro atoms. The average molecular weight is 435 g/mol. The van der Waals surface area contributed by atoms with E-state index in [9.17, 15) is 0 Å². The van der Waals surface area contributed by atoms with Gasteiger partial charge in [-0.1, -0.05) is 98.3 Å². The van der Waals surface area contributed by atoms with Crippen LogP contribution in [0.4, 0.5) is 0 Å². The van der Waals surface area contributed by atoms with Crippen molar-refractivity contribution in [2.75, 3.05) is 39.3 Å². The van der Waals surface area contributed by atoms with Crippen LogP contribution >= 0.6 is 0 Å². The molecular formula is C29H58N2. The third-order valence-corrected chi connectivity index (χ3v) is 8.45. The Kier molecular flexibility index (Phi) is 13.8. The zero-order chi connectivity index (χ0) is 22.4. The van der Waals surface area contributed by atoms with Crippen molar-refractivity contribution < 1.29 is 0 Å². The summed E-state index contributed by atoms with van der Waals surface area (Å²) in [7, 11) is 0. The highest BCUT2D eigenvalue weighted by molar-refractivity contribution is 4.98. The Balaban J connectivity index is 1.65. The quantitative estimate of drug-likeness (QED) is 0.201. The van der Waals surface area contributed by atoms with Crippen LogP contribution in [0.3, 0.4) is 0 Å². The molecular weight excluding hydrogens is 376 g/mol. The molecule has 0 bridgehead atoms. The number of rotatable bonds is 18. The van der Waals surface area contributed by atoms with Gasteiger partial charge in [0.25, 0.3) is 0 Å². The summed E-state index contributed by atoms with van der Waals surface area (Å²) in [5.41, 5.74) is 0.696. The molecule has 184 valence electrons. The van der Waals surface area contributed by atoms with E-state index in [1.807, 2.05) is 0 Å². The minimum absolute atomic E-state index is 0.696. The van der Waals surface area contributed by atoms with Crippen LogP contribution in [0.25, 0.3) is 0 Å². The average Bonchev–Trinajstić information content (AvgIpc) is 2.74. The van der Waals surface area contributed by atoms with E-state index in [1.165, 1.54) is 142 Å². The van der Waals surface area contributed by atoms with Gasteiger partial charge in [-0.2, -0.15) is 0 Å². The summed E-state index contributed by atoms with van der Waals surface area (Å²) < 4.78 is 0. The summed E-state index contributed by atoms with van der Waals surface area (Å²) >= 11 is 0. The van der Waals surface area contributed by atoms with Crippen molar-refractivity contribution in [2.45, 2.75) is 130 Å². The Bertz CT molecular complexity index is 418. The number of hydrogen-bond acceptors (Lipinski definition) is 2. The molecule has 0 radical (unpaired) electrons. The predicted molar refractivity (Wildman–Crippen MR) is 139 cm³/mol. The number of hydrogen-bond donors (Lipinski definition) is 0. The zero-order valence-electron chi connectivity index (χ0n) is 22.1. The second-order valence-corrected chi connectivity index (χ2v) is 11.6. The first-order valence-electron chi connectivity index (χ1n) is 14.6. The molecule has 0 amide bonds. The summed E-state index contributed by atoms with van der Waals surface area (Å²) in [6.45, 7) is 17.7. The van der Waals surface area contributed by atoms with Crippen molar-refractivity contribution in [1.29, 1.82) is 0 Å². The number of unbranched alkanes of at least 4 members (excludes halogenated alkanes) is 7. The molecule has 2 fully saturated rings. The minimum atomic E-state index is 0.696. The minimum Gasteiger partial charge on any atom is -0.303 e. The van der Waals surface area contributed by atoms with E-state index in [-0.39, 0.29) is 0 Å². The lowest BCUT2D eigenvalue weighted by Gasteiger charge is -2.54. The van der Waals surface area contributed by atoms with Gasteiger partial charge in [0.15, 0.2) is 0 Å². The van der Waals surface area contributed by atoms with Crippen molar-refractivity contribution in [2.24, 2.45) is 17.3 Å². The molecule has 0 aromatic heterocycles. The van der Waals surface area contributed by atoms with Gasteiger partial charge < -0.3 is 9.80 Å². The lowest BCUT2D eigenvalue weighted by atomic mass is 9.71. The molecule has 0 N–H and O–H groups in total. The van der Waals surface area contributed by atoms with E-state index >= 15 is 0 Å². The van der Waals surface area contributed by atoms with Crippen LogP contribution in [-0.2, 0) is 0 Å². The third-order valence-electron chi connectivity index (χ3n) is 8.45. The summed E-state index contributed by atoms with van der Waals surface area (Å²) in [4.78, 5) is 5.61. The maximum absolute atomic E-state index is 2.85. The van der Waals surface area contributed by atoms with Gasteiger partial charge in [-0.3, -0.25) is 0 Å². The lowest BCUT2D eigenvalue weighted by Crippen LogP contribution is -2.60. The monoisotopic (exact) mass is 434 g/mol. The Morgan fingerprint density at radius 3 is 1.81 bits per heavy atom. The Morgan fingerprint density at radius 1 is 0.645 bits per heavy atom. The van der Waals surface area contributed by atoms with Gasteiger partial charge in [0.05, 0.1) is 0 Å². The van der Waals surface area contributed by atoms with E-state index in [1.54, 1.807) is 0 Å². The van der Waals surface area contributed by atoms with Gasteiger partial charge in [-0.25, -0.2) is 0 Å². The molecule has 2 heteroatoms. The Labute approximate surface area is 196 Å². The molecule has 2 heterocycles. The maximum atomic E-state index is 2.85. The van der Waals surface area contributed by atoms with Gasteiger partial charge in [0.1, 0.15) is 0 Å². The smallest absolute Gasteiger partial charge is 0.00514 e. The SMILES string of the molecule is CCCCCCCC(CCCCCC)CN1CCC2(CC1)CN(CCC(C)CCC)C2. The van der Waals surface area contributed by atoms with Gasteiger partial charge in [-0.15, -0.1) is 0 Å². The third kappa shape index (κ3) is 10.6. The van der Waals surface area contributed by atoms with Gasteiger partial charge in [0.2, 0.25) is 0 Å². The molecule has 0 aromatic carbocycles. The molecule has 2 saturated heterocycles. The van der Waals surface area contributed by atoms with Crippen molar-refractivity contribution in [3.8, 4) is 0 Å². The highest BCUT2D eigenvalue weighted by atomic mass is 15.2. The fraction of sp³-hybridized carbons (Fsp3) is 1.00. The summed E-state index contributed by atoms with van der Waals surface area (Å²) in [6, 6.07) is 0. The highest BCUT2D eigenvalue weighted by Gasteiger charge is 2.44. The van der Waals surface area contributed by atoms with Crippen LogP contribution in [0.15, 0.2) is 0 Å². The molecule has 2 unspecified atom stereocenters. The Morgan fingerprint density at radius 2 is 1.23 bits per heavy atom. The second kappa shape index (κ2) is 15.7. The molecule has 0 aromatic rings. The van der Waals surface area contributed by atoms with Crippen LogP contribution in [0.1, 0.15) is 130 Å². The maximum Gasteiger partial charge on any atom is 0.00514 e. The van der Waals surface area contributed by atoms with Crippen LogP contribution in [-0.4, -0.2) is 49.1 Å². The molecule has 2 atom stereocenters.